The zero-order chi connectivity index (χ0) is 23.4. The summed E-state index contributed by atoms with van der Waals surface area (Å²) in [4.78, 5) is 32.4. The second kappa shape index (κ2) is 9.23. The van der Waals surface area contributed by atoms with E-state index in [1.165, 1.54) is 37.6 Å². The van der Waals surface area contributed by atoms with Crippen LogP contribution < -0.4 is 20.2 Å². The van der Waals surface area contributed by atoms with Gasteiger partial charge in [0.1, 0.15) is 11.3 Å². The van der Waals surface area contributed by atoms with Crippen LogP contribution in [0.3, 0.4) is 0 Å². The maximum atomic E-state index is 12.8. The van der Waals surface area contributed by atoms with Gasteiger partial charge in [-0.05, 0) is 48.0 Å². The van der Waals surface area contributed by atoms with Crippen LogP contribution in [0.4, 0.5) is 5.69 Å². The summed E-state index contributed by atoms with van der Waals surface area (Å²) in [6.07, 6.45) is 4.50. The summed E-state index contributed by atoms with van der Waals surface area (Å²) in [7, 11) is -2.26. The van der Waals surface area contributed by atoms with Gasteiger partial charge in [-0.25, -0.2) is 13.1 Å². The van der Waals surface area contributed by atoms with E-state index in [0.29, 0.717) is 22.3 Å². The number of para-hydroxylation sites is 1. The topological polar surface area (TPSA) is 130 Å². The van der Waals surface area contributed by atoms with Crippen molar-refractivity contribution in [3.8, 4) is 5.75 Å². The Balaban J connectivity index is 1.49. The summed E-state index contributed by atoms with van der Waals surface area (Å²) in [5.74, 6) is -0.128. The number of methoxy groups -OCH3 is 1. The first-order chi connectivity index (χ1) is 15.9. The smallest absolute Gasteiger partial charge is 0.261 e. The molecule has 0 spiro atoms. The third-order valence-electron chi connectivity index (χ3n) is 4.95. The van der Waals surface area contributed by atoms with Crippen LogP contribution >= 0.6 is 0 Å². The van der Waals surface area contributed by atoms with Gasteiger partial charge in [-0.1, -0.05) is 12.1 Å². The number of sulfonamides is 1. The minimum absolute atomic E-state index is 0.0417. The molecule has 2 aromatic carbocycles. The van der Waals surface area contributed by atoms with E-state index < -0.39 is 21.4 Å². The van der Waals surface area contributed by atoms with Gasteiger partial charge >= 0.3 is 0 Å². The summed E-state index contributed by atoms with van der Waals surface area (Å²) in [5, 5.41) is 2.94. The highest BCUT2D eigenvalue weighted by molar-refractivity contribution is 7.89. The Kier molecular flexibility index (Phi) is 6.20. The number of carbonyl (C=O) groups is 1. The highest BCUT2D eigenvalue weighted by Crippen LogP contribution is 2.21. The Morgan fingerprint density at radius 1 is 1.09 bits per heavy atom. The predicted octanol–water partition coefficient (Wildman–Crippen LogP) is 2.66. The van der Waals surface area contributed by atoms with Crippen molar-refractivity contribution in [3.63, 3.8) is 0 Å². The molecule has 0 aliphatic heterocycles. The van der Waals surface area contributed by atoms with Crippen LogP contribution in [0.25, 0.3) is 10.9 Å². The number of aromatic amines is 1. The Labute approximate surface area is 189 Å². The number of H-pyrrole nitrogens is 1. The number of anilines is 1. The number of hydrogen-bond acceptors (Lipinski definition) is 6. The zero-order valence-electron chi connectivity index (χ0n) is 17.5. The average molecular weight is 465 g/mol. The number of nitrogens with one attached hydrogen (secondary N) is 3. The number of hydrogen-bond donors (Lipinski definition) is 3. The number of pyridine rings is 2. The largest absolute Gasteiger partial charge is 0.495 e. The number of ether oxygens (including phenoxy) is 1. The SMILES string of the molecule is COc1cccc2c(=O)c(C(=O)Nc3ccc(S(=O)(=O)NCc4cccnc4)cc3)c[nH]c12. The van der Waals surface area contributed by atoms with Gasteiger partial charge in [0, 0.05) is 30.8 Å². The number of benzene rings is 2. The molecule has 3 N–H and O–H groups in total. The van der Waals surface area contributed by atoms with Gasteiger partial charge in [0.15, 0.2) is 0 Å². The number of aromatic nitrogens is 2. The molecule has 0 radical (unpaired) electrons. The third kappa shape index (κ3) is 4.76. The molecule has 2 aromatic heterocycles. The molecule has 0 aliphatic rings. The monoisotopic (exact) mass is 464 g/mol. The lowest BCUT2D eigenvalue weighted by Crippen LogP contribution is -2.23. The molecule has 33 heavy (non-hydrogen) atoms. The Morgan fingerprint density at radius 2 is 1.88 bits per heavy atom. The second-order valence-corrected chi connectivity index (χ2v) is 8.85. The van der Waals surface area contributed by atoms with Crippen molar-refractivity contribution in [2.24, 2.45) is 0 Å². The van der Waals surface area contributed by atoms with Gasteiger partial charge in [0.05, 0.1) is 22.9 Å². The molecule has 10 heteroatoms. The second-order valence-electron chi connectivity index (χ2n) is 7.08. The van der Waals surface area contributed by atoms with Crippen LogP contribution in [-0.4, -0.2) is 31.4 Å². The van der Waals surface area contributed by atoms with Crippen molar-refractivity contribution < 1.29 is 17.9 Å². The first-order valence-corrected chi connectivity index (χ1v) is 11.4. The van der Waals surface area contributed by atoms with Crippen molar-refractivity contribution in [3.05, 3.63) is 94.5 Å². The summed E-state index contributed by atoms with van der Waals surface area (Å²) < 4.78 is 32.7. The lowest BCUT2D eigenvalue weighted by Gasteiger charge is -2.09. The highest BCUT2D eigenvalue weighted by Gasteiger charge is 2.17. The fourth-order valence-electron chi connectivity index (χ4n) is 3.24. The van der Waals surface area contributed by atoms with Crippen LogP contribution in [0.2, 0.25) is 0 Å². The van der Waals surface area contributed by atoms with E-state index in [9.17, 15) is 18.0 Å². The minimum Gasteiger partial charge on any atom is -0.495 e. The minimum atomic E-state index is -3.75. The Hall–Kier alpha value is -4.02. The molecule has 0 aliphatic carbocycles. The molecule has 0 bridgehead atoms. The van der Waals surface area contributed by atoms with Crippen LogP contribution in [-0.2, 0) is 16.6 Å². The normalized spacial score (nSPS) is 11.3. The molecule has 9 nitrogen and oxygen atoms in total. The van der Waals surface area contributed by atoms with Gasteiger partial charge in [0.2, 0.25) is 15.5 Å². The summed E-state index contributed by atoms with van der Waals surface area (Å²) in [6.45, 7) is 0.101. The average Bonchev–Trinajstić information content (AvgIpc) is 2.83. The van der Waals surface area contributed by atoms with E-state index in [2.05, 4.69) is 20.0 Å². The van der Waals surface area contributed by atoms with Gasteiger partial charge in [-0.15, -0.1) is 0 Å². The maximum Gasteiger partial charge on any atom is 0.261 e. The molecule has 0 saturated heterocycles. The van der Waals surface area contributed by atoms with Crippen LogP contribution in [0.15, 0.2) is 82.9 Å². The van der Waals surface area contributed by atoms with Gasteiger partial charge < -0.3 is 15.0 Å². The van der Waals surface area contributed by atoms with Crippen LogP contribution in [0.5, 0.6) is 5.75 Å². The summed E-state index contributed by atoms with van der Waals surface area (Å²) >= 11 is 0. The van der Waals surface area contributed by atoms with Gasteiger partial charge in [0.25, 0.3) is 5.91 Å². The molecular formula is C23H20N4O5S. The van der Waals surface area contributed by atoms with Crippen molar-refractivity contribution in [1.29, 1.82) is 0 Å². The van der Waals surface area contributed by atoms with E-state index in [4.69, 9.17) is 4.74 Å². The molecule has 0 atom stereocenters. The molecule has 168 valence electrons. The Bertz CT molecular complexity index is 1470. The molecular weight excluding hydrogens is 444 g/mol. The first kappa shape index (κ1) is 22.2. The van der Waals surface area contributed by atoms with Crippen LogP contribution in [0.1, 0.15) is 15.9 Å². The van der Waals surface area contributed by atoms with Gasteiger partial charge in [-0.2, -0.15) is 0 Å². The lowest BCUT2D eigenvalue weighted by molar-refractivity contribution is 0.102. The molecule has 0 unspecified atom stereocenters. The fraction of sp³-hybridized carbons (Fsp3) is 0.0870. The molecule has 4 aromatic rings. The van der Waals surface area contributed by atoms with E-state index in [0.717, 1.165) is 5.56 Å². The number of fused-ring (bicyclic) bond motifs is 1. The number of nitrogens with zero attached hydrogens (tertiary/aromatic N) is 1. The van der Waals surface area contributed by atoms with E-state index in [1.54, 1.807) is 42.7 Å². The summed E-state index contributed by atoms with van der Waals surface area (Å²) in [6, 6.07) is 14.1. The molecule has 4 rings (SSSR count). The van der Waals surface area contributed by atoms with Crippen molar-refractivity contribution >= 4 is 32.5 Å². The third-order valence-corrected chi connectivity index (χ3v) is 6.37. The molecule has 0 saturated carbocycles. The predicted molar refractivity (Wildman–Crippen MR) is 124 cm³/mol. The molecule has 0 fully saturated rings. The van der Waals surface area contributed by atoms with Crippen LogP contribution in [0, 0.1) is 0 Å². The molecule has 1 amide bonds. The van der Waals surface area contributed by atoms with E-state index in [-0.39, 0.29) is 17.0 Å². The quantitative estimate of drug-likeness (QED) is 0.386. The summed E-state index contributed by atoms with van der Waals surface area (Å²) in [5.41, 5.74) is 1.04. The van der Waals surface area contributed by atoms with Crippen molar-refractivity contribution in [2.45, 2.75) is 11.4 Å². The first-order valence-electron chi connectivity index (χ1n) is 9.87. The number of amides is 1. The molecule has 2 heterocycles. The number of carbonyl (C=O) groups excluding carboxylic acids is 1. The fourth-order valence-corrected chi connectivity index (χ4v) is 4.26. The highest BCUT2D eigenvalue weighted by atomic mass is 32.2. The lowest BCUT2D eigenvalue weighted by atomic mass is 10.1. The maximum absolute atomic E-state index is 12.8. The standard InChI is InChI=1S/C23H20N4O5S/c1-32-20-6-2-5-18-21(20)25-14-19(22(18)28)23(29)27-16-7-9-17(10-8-16)33(30,31)26-13-15-4-3-11-24-12-15/h2-12,14,26H,13H2,1H3,(H,25,28)(H,27,29). The number of rotatable bonds is 7. The van der Waals surface area contributed by atoms with E-state index in [1.807, 2.05) is 0 Å². The van der Waals surface area contributed by atoms with Crippen molar-refractivity contribution in [2.75, 3.05) is 12.4 Å². The van der Waals surface area contributed by atoms with E-state index >= 15 is 0 Å². The zero-order valence-corrected chi connectivity index (χ0v) is 18.3. The van der Waals surface area contributed by atoms with Gasteiger partial charge in [-0.3, -0.25) is 14.6 Å². The Morgan fingerprint density at radius 3 is 2.58 bits per heavy atom. The van der Waals surface area contributed by atoms with Crippen molar-refractivity contribution in [1.82, 2.24) is 14.7 Å².